The monoisotopic (exact) mass is 261 g/mol. The number of benzene rings is 1. The summed E-state index contributed by atoms with van der Waals surface area (Å²) >= 11 is 0. The Morgan fingerprint density at radius 3 is 2.79 bits per heavy atom. The Kier molecular flexibility index (Phi) is 4.07. The molecule has 1 atom stereocenters. The molecule has 1 amide bonds. The number of hydrogen-bond acceptors (Lipinski definition) is 5. The van der Waals surface area contributed by atoms with E-state index in [1.807, 2.05) is 25.1 Å². The summed E-state index contributed by atoms with van der Waals surface area (Å²) in [6.07, 6.45) is 0. The summed E-state index contributed by atoms with van der Waals surface area (Å²) in [6.45, 7) is 1.80. The maximum absolute atomic E-state index is 12.0. The van der Waals surface area contributed by atoms with Gasteiger partial charge in [0.05, 0.1) is 6.04 Å². The second-order valence-electron chi connectivity index (χ2n) is 4.05. The fourth-order valence-electron chi connectivity index (χ4n) is 1.50. The lowest BCUT2D eigenvalue weighted by molar-refractivity contribution is -0.134. The lowest BCUT2D eigenvalue weighted by Gasteiger charge is -2.22. The van der Waals surface area contributed by atoms with Gasteiger partial charge in [-0.25, -0.2) is 0 Å². The maximum Gasteiger partial charge on any atom is 0.260 e. The number of hydrogen-bond donors (Lipinski definition) is 1. The Labute approximate surface area is 110 Å². The molecule has 2 aromatic rings. The Bertz CT molecular complexity index is 514. The SMILES string of the molecule is C[C@H](c1nn[nH]n1)N(C)C(=O)COc1ccccc1. The molecule has 1 aromatic heterocycles. The number of carbonyl (C=O) groups is 1. The smallest absolute Gasteiger partial charge is 0.260 e. The molecule has 0 saturated heterocycles. The lowest BCUT2D eigenvalue weighted by atomic mass is 10.3. The molecule has 0 bridgehead atoms. The first kappa shape index (κ1) is 13.0. The number of rotatable bonds is 5. The summed E-state index contributed by atoms with van der Waals surface area (Å²) in [4.78, 5) is 13.5. The molecular weight excluding hydrogens is 246 g/mol. The number of H-pyrrole nitrogens is 1. The van der Waals surface area contributed by atoms with E-state index >= 15 is 0 Å². The Balaban J connectivity index is 1.89. The minimum absolute atomic E-state index is 0.0251. The zero-order valence-electron chi connectivity index (χ0n) is 10.8. The van der Waals surface area contributed by atoms with Crippen molar-refractivity contribution in [2.24, 2.45) is 0 Å². The van der Waals surface area contributed by atoms with Gasteiger partial charge >= 0.3 is 0 Å². The van der Waals surface area contributed by atoms with Gasteiger partial charge in [0, 0.05) is 7.05 Å². The van der Waals surface area contributed by atoms with Crippen LogP contribution in [0.15, 0.2) is 30.3 Å². The maximum atomic E-state index is 12.0. The van der Waals surface area contributed by atoms with Gasteiger partial charge in [-0.1, -0.05) is 23.4 Å². The van der Waals surface area contributed by atoms with Crippen LogP contribution in [0.3, 0.4) is 0 Å². The van der Waals surface area contributed by atoms with Crippen molar-refractivity contribution in [2.75, 3.05) is 13.7 Å². The third-order valence-electron chi connectivity index (χ3n) is 2.82. The highest BCUT2D eigenvalue weighted by molar-refractivity contribution is 5.77. The fourth-order valence-corrected chi connectivity index (χ4v) is 1.50. The van der Waals surface area contributed by atoms with Crippen molar-refractivity contribution in [2.45, 2.75) is 13.0 Å². The van der Waals surface area contributed by atoms with Crippen LogP contribution in [0.1, 0.15) is 18.8 Å². The van der Waals surface area contributed by atoms with Gasteiger partial charge in [0.25, 0.3) is 5.91 Å². The van der Waals surface area contributed by atoms with Gasteiger partial charge in [-0.3, -0.25) is 4.79 Å². The third-order valence-corrected chi connectivity index (χ3v) is 2.82. The highest BCUT2D eigenvalue weighted by Crippen LogP contribution is 2.14. The van der Waals surface area contributed by atoms with Crippen LogP contribution in [0, 0.1) is 0 Å². The number of carbonyl (C=O) groups excluding carboxylic acids is 1. The predicted molar refractivity (Wildman–Crippen MR) is 67.3 cm³/mol. The van der Waals surface area contributed by atoms with Crippen molar-refractivity contribution in [3.63, 3.8) is 0 Å². The van der Waals surface area contributed by atoms with Crippen molar-refractivity contribution in [3.8, 4) is 5.75 Å². The second-order valence-corrected chi connectivity index (χ2v) is 4.05. The molecule has 1 N–H and O–H groups in total. The van der Waals surface area contributed by atoms with E-state index in [-0.39, 0.29) is 18.6 Å². The Hall–Kier alpha value is -2.44. The Morgan fingerprint density at radius 2 is 2.16 bits per heavy atom. The van der Waals surface area contributed by atoms with Crippen molar-refractivity contribution in [3.05, 3.63) is 36.2 Å². The number of ether oxygens (including phenoxy) is 1. The predicted octanol–water partition coefficient (Wildman–Crippen LogP) is 0.798. The molecule has 0 unspecified atom stereocenters. The molecule has 100 valence electrons. The number of nitrogens with zero attached hydrogens (tertiary/aromatic N) is 4. The largest absolute Gasteiger partial charge is 0.484 e. The first-order valence-electron chi connectivity index (χ1n) is 5.85. The molecule has 1 aromatic carbocycles. The van der Waals surface area contributed by atoms with Gasteiger partial charge in [0.1, 0.15) is 5.75 Å². The van der Waals surface area contributed by atoms with Gasteiger partial charge in [-0.05, 0) is 19.1 Å². The van der Waals surface area contributed by atoms with E-state index in [9.17, 15) is 4.79 Å². The summed E-state index contributed by atoms with van der Waals surface area (Å²) in [5, 5.41) is 13.5. The average molecular weight is 261 g/mol. The van der Waals surface area contributed by atoms with Gasteiger partial charge in [0.2, 0.25) is 0 Å². The fraction of sp³-hybridized carbons (Fsp3) is 0.333. The summed E-state index contributed by atoms with van der Waals surface area (Å²) in [6, 6.07) is 8.94. The zero-order chi connectivity index (χ0) is 13.7. The molecule has 0 fully saturated rings. The van der Waals surface area contributed by atoms with Crippen LogP contribution in [0.2, 0.25) is 0 Å². The van der Waals surface area contributed by atoms with Gasteiger partial charge in [-0.2, -0.15) is 5.21 Å². The summed E-state index contributed by atoms with van der Waals surface area (Å²) < 4.78 is 5.40. The molecule has 0 saturated carbocycles. The van der Waals surface area contributed by atoms with Gasteiger partial charge < -0.3 is 9.64 Å². The van der Waals surface area contributed by atoms with Crippen molar-refractivity contribution < 1.29 is 9.53 Å². The number of amides is 1. The highest BCUT2D eigenvalue weighted by Gasteiger charge is 2.20. The van der Waals surface area contributed by atoms with E-state index in [4.69, 9.17) is 4.74 Å². The first-order chi connectivity index (χ1) is 9.18. The molecule has 19 heavy (non-hydrogen) atoms. The van der Waals surface area contributed by atoms with E-state index in [1.54, 1.807) is 19.2 Å². The summed E-state index contributed by atoms with van der Waals surface area (Å²) in [7, 11) is 1.68. The average Bonchev–Trinajstić information content (AvgIpc) is 2.98. The minimum atomic E-state index is -0.259. The quantitative estimate of drug-likeness (QED) is 0.860. The van der Waals surface area contributed by atoms with Crippen LogP contribution < -0.4 is 4.74 Å². The zero-order valence-corrected chi connectivity index (χ0v) is 10.8. The molecule has 1 heterocycles. The number of likely N-dealkylation sites (N-methyl/N-ethyl adjacent to an activating group) is 1. The molecule has 7 heteroatoms. The van der Waals surface area contributed by atoms with Crippen molar-refractivity contribution in [1.29, 1.82) is 0 Å². The molecule has 0 aliphatic carbocycles. The number of nitrogens with one attached hydrogen (secondary N) is 1. The van der Waals surface area contributed by atoms with Crippen LogP contribution in [0.25, 0.3) is 0 Å². The second kappa shape index (κ2) is 5.94. The van der Waals surface area contributed by atoms with Gasteiger partial charge in [0.15, 0.2) is 12.4 Å². The third kappa shape index (κ3) is 3.27. The van der Waals surface area contributed by atoms with Gasteiger partial charge in [-0.15, -0.1) is 10.2 Å². The van der Waals surface area contributed by atoms with E-state index in [1.165, 1.54) is 4.90 Å². The normalized spacial score (nSPS) is 11.9. The van der Waals surface area contributed by atoms with E-state index in [0.29, 0.717) is 11.6 Å². The number of tetrazole rings is 1. The number of aromatic amines is 1. The molecule has 0 spiro atoms. The van der Waals surface area contributed by atoms with Crippen LogP contribution in [-0.4, -0.2) is 45.1 Å². The molecule has 2 rings (SSSR count). The molecule has 0 aliphatic heterocycles. The topological polar surface area (TPSA) is 84.0 Å². The molecule has 0 radical (unpaired) electrons. The summed E-state index contributed by atoms with van der Waals surface area (Å²) in [5.74, 6) is 0.980. The number of aromatic nitrogens is 4. The molecular formula is C12H15N5O2. The molecule has 0 aliphatic rings. The Morgan fingerprint density at radius 1 is 1.42 bits per heavy atom. The van der Waals surface area contributed by atoms with Crippen LogP contribution in [0.4, 0.5) is 0 Å². The highest BCUT2D eigenvalue weighted by atomic mass is 16.5. The van der Waals surface area contributed by atoms with E-state index in [0.717, 1.165) is 0 Å². The van der Waals surface area contributed by atoms with Crippen LogP contribution in [0.5, 0.6) is 5.75 Å². The number of para-hydroxylation sites is 1. The summed E-state index contributed by atoms with van der Waals surface area (Å²) in [5.41, 5.74) is 0. The standard InChI is InChI=1S/C12H15N5O2/c1-9(12-13-15-16-14-12)17(2)11(18)8-19-10-6-4-3-5-7-10/h3-7,9H,8H2,1-2H3,(H,13,14,15,16)/t9-/m1/s1. The van der Waals surface area contributed by atoms with Crippen LogP contribution in [-0.2, 0) is 4.79 Å². The lowest BCUT2D eigenvalue weighted by Crippen LogP contribution is -2.34. The van der Waals surface area contributed by atoms with E-state index in [2.05, 4.69) is 20.6 Å². The van der Waals surface area contributed by atoms with Crippen LogP contribution >= 0.6 is 0 Å². The minimum Gasteiger partial charge on any atom is -0.484 e. The first-order valence-corrected chi connectivity index (χ1v) is 5.85. The van der Waals surface area contributed by atoms with Crippen molar-refractivity contribution >= 4 is 5.91 Å². The van der Waals surface area contributed by atoms with Crippen molar-refractivity contribution in [1.82, 2.24) is 25.5 Å². The molecule has 7 nitrogen and oxygen atoms in total. The van der Waals surface area contributed by atoms with E-state index < -0.39 is 0 Å².